The van der Waals surface area contributed by atoms with E-state index in [-0.39, 0.29) is 5.28 Å². The van der Waals surface area contributed by atoms with Gasteiger partial charge in [0.15, 0.2) is 0 Å². The molecule has 0 saturated carbocycles. The van der Waals surface area contributed by atoms with Crippen LogP contribution in [0.15, 0.2) is 0 Å². The molecule has 0 bridgehead atoms. The lowest BCUT2D eigenvalue weighted by molar-refractivity contribution is 0.0682. The highest BCUT2D eigenvalue weighted by atomic mass is 31.2. The predicted octanol–water partition coefficient (Wildman–Crippen LogP) is 3.76. The average molecular weight is 310 g/mol. The second-order valence-corrected chi connectivity index (χ2v) is 11.5. The fourth-order valence-electron chi connectivity index (χ4n) is 2.55. The summed E-state index contributed by atoms with van der Waals surface area (Å²) in [4.78, 5) is 0. The Hall–Kier alpha value is 0.327. The van der Waals surface area contributed by atoms with E-state index in [1.807, 2.05) is 34.6 Å². The van der Waals surface area contributed by atoms with Crippen molar-refractivity contribution in [3.8, 4) is 0 Å². The lowest BCUT2D eigenvalue weighted by Crippen LogP contribution is -2.56. The Morgan fingerprint density at radius 3 is 1.42 bits per heavy atom. The minimum Gasteiger partial charge on any atom is -0.373 e. The van der Waals surface area contributed by atoms with Gasteiger partial charge in [-0.15, -0.1) is 0 Å². The van der Waals surface area contributed by atoms with Gasteiger partial charge in [-0.05, 0) is 39.5 Å². The summed E-state index contributed by atoms with van der Waals surface area (Å²) in [5, 5.41) is -0.0742. The van der Waals surface area contributed by atoms with E-state index in [4.69, 9.17) is 13.3 Å². The van der Waals surface area contributed by atoms with Crippen LogP contribution in [0.2, 0.25) is 0 Å². The summed E-state index contributed by atoms with van der Waals surface area (Å²) in [5.41, 5.74) is 0. The predicted molar refractivity (Wildman–Crippen MR) is 83.4 cm³/mol. The van der Waals surface area contributed by atoms with Gasteiger partial charge in [-0.2, -0.15) is 0 Å². The summed E-state index contributed by atoms with van der Waals surface area (Å²) < 4.78 is 31.0. The molecule has 19 heavy (non-hydrogen) atoms. The van der Waals surface area contributed by atoms with Crippen LogP contribution < -0.4 is 0 Å². The van der Waals surface area contributed by atoms with Gasteiger partial charge in [-0.25, -0.2) is 0 Å². The lowest BCUT2D eigenvalue weighted by atomic mass is 10.6. The van der Waals surface area contributed by atoms with Gasteiger partial charge in [0, 0.05) is 19.8 Å². The number of hydrogen-bond acceptors (Lipinski definition) is 4. The Kier molecular flexibility index (Phi) is 9.46. The Morgan fingerprint density at radius 1 is 0.842 bits per heavy atom. The van der Waals surface area contributed by atoms with Crippen LogP contribution in [0.4, 0.5) is 0 Å². The maximum absolute atomic E-state index is 13.1. The molecule has 6 heteroatoms. The molecule has 0 aliphatic heterocycles. The molecule has 0 aliphatic carbocycles. The molecule has 0 heterocycles. The number of hydrogen-bond donors (Lipinski definition) is 0. The molecule has 0 radical (unpaired) electrons. The molecule has 4 nitrogen and oxygen atoms in total. The Bertz CT molecular complexity index is 261. The van der Waals surface area contributed by atoms with Gasteiger partial charge in [-0.1, -0.05) is 20.8 Å². The molecule has 1 atom stereocenters. The SMILES string of the molecule is CCO[Si](OCC)(OCC)C(CC)P(=O)(CC)CC. The summed E-state index contributed by atoms with van der Waals surface area (Å²) in [6, 6.07) is 0. The van der Waals surface area contributed by atoms with Crippen LogP contribution in [0.5, 0.6) is 0 Å². The normalized spacial score (nSPS) is 14.6. The van der Waals surface area contributed by atoms with Gasteiger partial charge in [0.2, 0.25) is 0 Å². The van der Waals surface area contributed by atoms with Gasteiger partial charge >= 0.3 is 8.80 Å². The van der Waals surface area contributed by atoms with E-state index in [1.165, 1.54) is 0 Å². The minimum absolute atomic E-state index is 0.0742. The van der Waals surface area contributed by atoms with Crippen molar-refractivity contribution in [2.45, 2.75) is 53.2 Å². The Labute approximate surface area is 119 Å². The molecule has 0 aromatic heterocycles. The van der Waals surface area contributed by atoms with E-state index < -0.39 is 15.9 Å². The lowest BCUT2D eigenvalue weighted by Gasteiger charge is -2.38. The molecule has 1 unspecified atom stereocenters. The third kappa shape index (κ3) is 4.67. The first-order chi connectivity index (χ1) is 9.00. The second-order valence-electron chi connectivity index (χ2n) is 4.41. The fourth-order valence-corrected chi connectivity index (χ4v) is 11.2. The Morgan fingerprint density at radius 2 is 1.21 bits per heavy atom. The van der Waals surface area contributed by atoms with Crippen LogP contribution in [-0.2, 0) is 17.8 Å². The highest BCUT2D eigenvalue weighted by Crippen LogP contribution is 2.55. The third-order valence-corrected chi connectivity index (χ3v) is 12.8. The maximum Gasteiger partial charge on any atom is 0.511 e. The molecule has 0 aromatic carbocycles. The van der Waals surface area contributed by atoms with Crippen LogP contribution in [0.25, 0.3) is 0 Å². The molecular weight excluding hydrogens is 279 g/mol. The standard InChI is InChI=1S/C13H31O4PSi/c1-7-13(18(14,11-5)12-6)19(15-8-2,16-9-3)17-10-4/h13H,7-12H2,1-6H3. The van der Waals surface area contributed by atoms with Gasteiger partial charge in [-0.3, -0.25) is 0 Å². The first-order valence-electron chi connectivity index (χ1n) is 7.49. The van der Waals surface area contributed by atoms with Crippen molar-refractivity contribution in [1.82, 2.24) is 0 Å². The largest absolute Gasteiger partial charge is 0.511 e. The summed E-state index contributed by atoms with van der Waals surface area (Å²) in [6.45, 7) is 13.5. The molecule has 0 spiro atoms. The zero-order chi connectivity index (χ0) is 14.9. The van der Waals surface area contributed by atoms with Crippen molar-refractivity contribution in [2.75, 3.05) is 32.1 Å². The van der Waals surface area contributed by atoms with Gasteiger partial charge in [0.25, 0.3) is 0 Å². The van der Waals surface area contributed by atoms with Gasteiger partial charge in [0.1, 0.15) is 0 Å². The van der Waals surface area contributed by atoms with Crippen molar-refractivity contribution >= 4 is 15.9 Å². The number of rotatable bonds is 11. The van der Waals surface area contributed by atoms with Crippen molar-refractivity contribution in [2.24, 2.45) is 0 Å². The topological polar surface area (TPSA) is 44.8 Å². The summed E-state index contributed by atoms with van der Waals surface area (Å²) in [5.74, 6) is 0. The van der Waals surface area contributed by atoms with Crippen LogP contribution in [0, 0.1) is 0 Å². The van der Waals surface area contributed by atoms with E-state index in [0.717, 1.165) is 6.42 Å². The van der Waals surface area contributed by atoms with Crippen LogP contribution >= 0.6 is 7.14 Å². The van der Waals surface area contributed by atoms with E-state index in [2.05, 4.69) is 6.92 Å². The van der Waals surface area contributed by atoms with Crippen molar-refractivity contribution in [1.29, 1.82) is 0 Å². The minimum atomic E-state index is -2.87. The molecule has 0 rings (SSSR count). The van der Waals surface area contributed by atoms with E-state index in [1.54, 1.807) is 0 Å². The maximum atomic E-state index is 13.1. The van der Waals surface area contributed by atoms with Crippen molar-refractivity contribution in [3.63, 3.8) is 0 Å². The van der Waals surface area contributed by atoms with Crippen LogP contribution in [0.3, 0.4) is 0 Å². The summed E-state index contributed by atoms with van der Waals surface area (Å²) >= 11 is 0. The highest BCUT2D eigenvalue weighted by Gasteiger charge is 2.55. The quantitative estimate of drug-likeness (QED) is 0.430. The first-order valence-corrected chi connectivity index (χ1v) is 11.4. The second kappa shape index (κ2) is 9.30. The zero-order valence-corrected chi connectivity index (χ0v) is 15.3. The summed E-state index contributed by atoms with van der Waals surface area (Å²) in [6.07, 6.45) is 2.15. The smallest absolute Gasteiger partial charge is 0.373 e. The third-order valence-electron chi connectivity index (χ3n) is 3.47. The van der Waals surface area contributed by atoms with E-state index >= 15 is 0 Å². The van der Waals surface area contributed by atoms with Gasteiger partial charge in [0.05, 0.1) is 12.4 Å². The molecule has 0 aliphatic rings. The molecule has 0 saturated heterocycles. The van der Waals surface area contributed by atoms with E-state index in [9.17, 15) is 4.57 Å². The summed E-state index contributed by atoms with van der Waals surface area (Å²) in [7, 11) is -5.18. The van der Waals surface area contributed by atoms with Crippen molar-refractivity contribution < 1.29 is 17.8 Å². The molecule has 116 valence electrons. The van der Waals surface area contributed by atoms with Crippen molar-refractivity contribution in [3.05, 3.63) is 0 Å². The first kappa shape index (κ1) is 19.3. The monoisotopic (exact) mass is 310 g/mol. The van der Waals surface area contributed by atoms with Crippen LogP contribution in [-0.4, -0.2) is 46.2 Å². The molecule has 0 aromatic rings. The zero-order valence-electron chi connectivity index (χ0n) is 13.4. The molecular formula is C13H31O4PSi. The highest BCUT2D eigenvalue weighted by molar-refractivity contribution is 7.67. The molecule has 0 N–H and O–H groups in total. The van der Waals surface area contributed by atoms with Crippen LogP contribution in [0.1, 0.15) is 48.0 Å². The molecule has 0 amide bonds. The van der Waals surface area contributed by atoms with E-state index in [0.29, 0.717) is 32.1 Å². The fraction of sp³-hybridized carbons (Fsp3) is 1.00. The average Bonchev–Trinajstić information content (AvgIpc) is 2.40. The molecule has 0 fully saturated rings. The van der Waals surface area contributed by atoms with Gasteiger partial charge < -0.3 is 17.8 Å². The Balaban J connectivity index is 5.54.